The first kappa shape index (κ1) is 21.6. The van der Waals surface area contributed by atoms with Gasteiger partial charge in [-0.1, -0.05) is 18.2 Å². The Morgan fingerprint density at radius 1 is 1.03 bits per heavy atom. The van der Waals surface area contributed by atoms with Gasteiger partial charge in [-0.25, -0.2) is 0 Å². The molecule has 0 radical (unpaired) electrons. The van der Waals surface area contributed by atoms with E-state index in [1.807, 2.05) is 43.0 Å². The minimum absolute atomic E-state index is 0.0771. The molecule has 164 valence electrons. The Balaban J connectivity index is 1.71. The van der Waals surface area contributed by atoms with Gasteiger partial charge >= 0.3 is 0 Å². The van der Waals surface area contributed by atoms with Crippen LogP contribution in [0.2, 0.25) is 0 Å². The van der Waals surface area contributed by atoms with Crippen molar-refractivity contribution in [2.24, 2.45) is 0 Å². The van der Waals surface area contributed by atoms with Crippen molar-refractivity contribution in [2.45, 2.75) is 26.7 Å². The number of rotatable bonds is 6. The molecule has 0 aromatic heterocycles. The molecule has 4 rings (SSSR count). The van der Waals surface area contributed by atoms with Crippen LogP contribution in [0.25, 0.3) is 5.57 Å². The zero-order valence-electron chi connectivity index (χ0n) is 18.7. The average molecular weight is 420 g/mol. The molecule has 1 fully saturated rings. The summed E-state index contributed by atoms with van der Waals surface area (Å²) in [6, 6.07) is 13.8. The number of carbonyl (C=O) groups is 1. The number of nitrogens with one attached hydrogen (secondary N) is 1. The maximum Gasteiger partial charge on any atom is 0.253 e. The van der Waals surface area contributed by atoms with Crippen LogP contribution in [0.1, 0.15) is 47.3 Å². The van der Waals surface area contributed by atoms with Crippen molar-refractivity contribution >= 4 is 11.5 Å². The standard InChI is InChI=1S/C26H33N3O2/c1-3-29(4-2)26(31)21-8-6-20(7-9-21)25-22(18-28-15-13-27-14-16-28)10-5-19-11-12-23(30)17-24(19)25/h6-9,11-12,17,27,30H,3-5,10,13-16,18H2,1-2H3. The maximum absolute atomic E-state index is 12.7. The Bertz CT molecular complexity index is 955. The van der Waals surface area contributed by atoms with E-state index < -0.39 is 0 Å². The molecule has 1 heterocycles. The number of hydrogen-bond acceptors (Lipinski definition) is 4. The second-order valence-electron chi connectivity index (χ2n) is 8.40. The molecule has 0 atom stereocenters. The van der Waals surface area contributed by atoms with Gasteiger partial charge in [0.2, 0.25) is 0 Å². The van der Waals surface area contributed by atoms with E-state index >= 15 is 0 Å². The van der Waals surface area contributed by atoms with Crippen LogP contribution in [0, 0.1) is 0 Å². The molecule has 1 aliphatic carbocycles. The molecule has 2 aromatic carbocycles. The second-order valence-corrected chi connectivity index (χ2v) is 8.40. The van der Waals surface area contributed by atoms with Crippen LogP contribution in [-0.4, -0.2) is 66.6 Å². The molecule has 1 saturated heterocycles. The quantitative estimate of drug-likeness (QED) is 0.752. The predicted molar refractivity (Wildman–Crippen MR) is 125 cm³/mol. The van der Waals surface area contributed by atoms with Crippen LogP contribution in [0.15, 0.2) is 48.0 Å². The van der Waals surface area contributed by atoms with E-state index in [1.165, 1.54) is 16.7 Å². The van der Waals surface area contributed by atoms with Crippen molar-refractivity contribution in [1.82, 2.24) is 15.1 Å². The van der Waals surface area contributed by atoms with Gasteiger partial charge in [0, 0.05) is 51.4 Å². The first-order chi connectivity index (χ1) is 15.1. The van der Waals surface area contributed by atoms with Gasteiger partial charge in [0.15, 0.2) is 0 Å². The van der Waals surface area contributed by atoms with Gasteiger partial charge in [-0.3, -0.25) is 9.69 Å². The molecule has 0 spiro atoms. The fourth-order valence-electron chi connectivity index (χ4n) is 4.75. The van der Waals surface area contributed by atoms with Crippen molar-refractivity contribution in [3.05, 3.63) is 70.3 Å². The van der Waals surface area contributed by atoms with E-state index in [9.17, 15) is 9.90 Å². The molecular weight excluding hydrogens is 386 g/mol. The van der Waals surface area contributed by atoms with Crippen LogP contribution >= 0.6 is 0 Å². The highest BCUT2D eigenvalue weighted by molar-refractivity contribution is 5.95. The summed E-state index contributed by atoms with van der Waals surface area (Å²) >= 11 is 0. The third kappa shape index (κ3) is 4.68. The molecule has 1 amide bonds. The second kappa shape index (κ2) is 9.67. The highest BCUT2D eigenvalue weighted by Gasteiger charge is 2.23. The third-order valence-corrected chi connectivity index (χ3v) is 6.51. The summed E-state index contributed by atoms with van der Waals surface area (Å²) in [5.74, 6) is 0.376. The summed E-state index contributed by atoms with van der Waals surface area (Å²) in [6.45, 7) is 10.6. The van der Waals surface area contributed by atoms with Crippen LogP contribution < -0.4 is 5.32 Å². The normalized spacial score (nSPS) is 16.8. The van der Waals surface area contributed by atoms with E-state index in [1.54, 1.807) is 6.07 Å². The number of benzene rings is 2. The molecule has 2 aromatic rings. The minimum Gasteiger partial charge on any atom is -0.508 e. The van der Waals surface area contributed by atoms with Gasteiger partial charge in [0.25, 0.3) is 5.91 Å². The number of phenolic OH excluding ortho intramolecular Hbond substituents is 1. The third-order valence-electron chi connectivity index (χ3n) is 6.51. The van der Waals surface area contributed by atoms with Gasteiger partial charge in [-0.2, -0.15) is 0 Å². The lowest BCUT2D eigenvalue weighted by atomic mass is 9.81. The molecule has 1 aliphatic heterocycles. The maximum atomic E-state index is 12.7. The van der Waals surface area contributed by atoms with E-state index in [4.69, 9.17) is 0 Å². The zero-order valence-corrected chi connectivity index (χ0v) is 18.7. The monoisotopic (exact) mass is 419 g/mol. The van der Waals surface area contributed by atoms with Crippen molar-refractivity contribution in [1.29, 1.82) is 0 Å². The van der Waals surface area contributed by atoms with E-state index in [-0.39, 0.29) is 5.91 Å². The van der Waals surface area contributed by atoms with Gasteiger partial charge in [0.1, 0.15) is 5.75 Å². The summed E-state index contributed by atoms with van der Waals surface area (Å²) in [6.07, 6.45) is 2.02. The van der Waals surface area contributed by atoms with E-state index in [0.717, 1.165) is 62.3 Å². The molecule has 5 heteroatoms. The van der Waals surface area contributed by atoms with Crippen LogP contribution in [0.3, 0.4) is 0 Å². The topological polar surface area (TPSA) is 55.8 Å². The van der Waals surface area contributed by atoms with E-state index in [2.05, 4.69) is 22.3 Å². The number of aromatic hydroxyl groups is 1. The van der Waals surface area contributed by atoms with E-state index in [0.29, 0.717) is 18.8 Å². The highest BCUT2D eigenvalue weighted by atomic mass is 16.3. The first-order valence-corrected chi connectivity index (χ1v) is 11.5. The zero-order chi connectivity index (χ0) is 21.8. The number of piperazine rings is 1. The predicted octanol–water partition coefficient (Wildman–Crippen LogP) is 3.53. The SMILES string of the molecule is CCN(CC)C(=O)c1ccc(C2=C(CN3CCNCC3)CCc3ccc(O)cc32)cc1. The fraction of sp³-hybridized carbons (Fsp3) is 0.423. The smallest absolute Gasteiger partial charge is 0.253 e. The molecule has 0 unspecified atom stereocenters. The van der Waals surface area contributed by atoms with Gasteiger partial charge in [-0.15, -0.1) is 0 Å². The molecular formula is C26H33N3O2. The first-order valence-electron chi connectivity index (χ1n) is 11.5. The van der Waals surface area contributed by atoms with Gasteiger partial charge < -0.3 is 15.3 Å². The average Bonchev–Trinajstić information content (AvgIpc) is 2.80. The summed E-state index contributed by atoms with van der Waals surface area (Å²) in [5, 5.41) is 13.6. The fourth-order valence-corrected chi connectivity index (χ4v) is 4.75. The van der Waals surface area contributed by atoms with Crippen molar-refractivity contribution in [3.63, 3.8) is 0 Å². The van der Waals surface area contributed by atoms with Gasteiger partial charge in [0.05, 0.1) is 0 Å². The molecule has 2 N–H and O–H groups in total. The number of hydrogen-bond donors (Lipinski definition) is 2. The number of nitrogens with zero attached hydrogens (tertiary/aromatic N) is 2. The Kier molecular flexibility index (Phi) is 6.73. The van der Waals surface area contributed by atoms with Crippen LogP contribution in [0.5, 0.6) is 5.75 Å². The van der Waals surface area contributed by atoms with Crippen molar-refractivity contribution in [2.75, 3.05) is 45.8 Å². The number of aryl methyl sites for hydroxylation is 1. The highest BCUT2D eigenvalue weighted by Crippen LogP contribution is 2.38. The number of fused-ring (bicyclic) bond motifs is 1. The Labute approximate surface area is 185 Å². The number of amides is 1. The lowest BCUT2D eigenvalue weighted by Crippen LogP contribution is -2.44. The van der Waals surface area contributed by atoms with Crippen molar-refractivity contribution in [3.8, 4) is 5.75 Å². The van der Waals surface area contributed by atoms with Crippen LogP contribution in [0.4, 0.5) is 0 Å². The molecule has 2 aliphatic rings. The minimum atomic E-state index is 0.0771. The lowest BCUT2D eigenvalue weighted by molar-refractivity contribution is 0.0773. The summed E-state index contributed by atoms with van der Waals surface area (Å²) < 4.78 is 0. The molecule has 0 bridgehead atoms. The summed E-state index contributed by atoms with van der Waals surface area (Å²) in [7, 11) is 0. The Hall–Kier alpha value is -2.63. The van der Waals surface area contributed by atoms with Crippen molar-refractivity contribution < 1.29 is 9.90 Å². The molecule has 0 saturated carbocycles. The van der Waals surface area contributed by atoms with Gasteiger partial charge in [-0.05, 0) is 78.8 Å². The Morgan fingerprint density at radius 2 is 1.74 bits per heavy atom. The summed E-state index contributed by atoms with van der Waals surface area (Å²) in [5.41, 5.74) is 6.89. The molecule has 5 nitrogen and oxygen atoms in total. The number of carbonyl (C=O) groups excluding carboxylic acids is 1. The lowest BCUT2D eigenvalue weighted by Gasteiger charge is -2.31. The largest absolute Gasteiger partial charge is 0.508 e. The molecule has 31 heavy (non-hydrogen) atoms. The van der Waals surface area contributed by atoms with Crippen LogP contribution in [-0.2, 0) is 6.42 Å². The summed E-state index contributed by atoms with van der Waals surface area (Å²) in [4.78, 5) is 17.1. The Morgan fingerprint density at radius 3 is 2.42 bits per heavy atom. The number of phenols is 1.